The molecule has 0 bridgehead atoms. The van der Waals surface area contributed by atoms with Gasteiger partial charge >= 0.3 is 0 Å². The Kier molecular flexibility index (Phi) is 3.90. The van der Waals surface area contributed by atoms with E-state index < -0.39 is 9.84 Å². The van der Waals surface area contributed by atoms with Crippen LogP contribution in [-0.2, 0) is 21.2 Å². The number of fused-ring (bicyclic) bond motifs is 1. The fourth-order valence-corrected chi connectivity index (χ4v) is 4.55. The molecule has 1 aromatic carbocycles. The van der Waals surface area contributed by atoms with Gasteiger partial charge in [-0.2, -0.15) is 5.10 Å². The van der Waals surface area contributed by atoms with Crippen molar-refractivity contribution >= 4 is 26.6 Å². The molecule has 7 heteroatoms. The number of nitrogens with one attached hydrogen (secondary N) is 1. The zero-order valence-electron chi connectivity index (χ0n) is 12.4. The molecule has 0 saturated carbocycles. The van der Waals surface area contributed by atoms with Crippen molar-refractivity contribution in [1.82, 2.24) is 15.1 Å². The number of carbonyl (C=O) groups excluding carboxylic acids is 1. The van der Waals surface area contributed by atoms with Crippen LogP contribution in [0.1, 0.15) is 18.5 Å². The minimum Gasteiger partial charge on any atom is -0.352 e. The minimum absolute atomic E-state index is 0.0581. The Morgan fingerprint density at radius 1 is 1.41 bits per heavy atom. The molecule has 1 atom stereocenters. The van der Waals surface area contributed by atoms with E-state index in [2.05, 4.69) is 10.4 Å². The first-order valence-corrected chi connectivity index (χ1v) is 9.19. The third-order valence-electron chi connectivity index (χ3n) is 3.99. The second-order valence-electron chi connectivity index (χ2n) is 5.74. The third-order valence-corrected chi connectivity index (χ3v) is 5.76. The smallest absolute Gasteiger partial charge is 0.222 e. The Morgan fingerprint density at radius 2 is 2.18 bits per heavy atom. The number of nitrogens with zero attached hydrogens (tertiary/aromatic N) is 2. The van der Waals surface area contributed by atoms with Gasteiger partial charge in [-0.25, -0.2) is 8.42 Å². The van der Waals surface area contributed by atoms with Gasteiger partial charge in [-0.3, -0.25) is 9.48 Å². The first kappa shape index (κ1) is 15.0. The minimum atomic E-state index is -2.97. The molecular weight excluding hydrogens is 302 g/mol. The van der Waals surface area contributed by atoms with Gasteiger partial charge in [0.1, 0.15) is 0 Å². The lowest BCUT2D eigenvalue weighted by atomic mass is 10.2. The van der Waals surface area contributed by atoms with E-state index in [9.17, 15) is 13.2 Å². The topological polar surface area (TPSA) is 81.1 Å². The van der Waals surface area contributed by atoms with Crippen LogP contribution >= 0.6 is 0 Å². The Morgan fingerprint density at radius 3 is 2.91 bits per heavy atom. The summed E-state index contributed by atoms with van der Waals surface area (Å²) in [5, 5.41) is 8.35. The van der Waals surface area contributed by atoms with Crippen molar-refractivity contribution in [3.63, 3.8) is 0 Å². The highest BCUT2D eigenvalue weighted by Crippen LogP contribution is 2.17. The number of hydrogen-bond donors (Lipinski definition) is 1. The number of aromatic nitrogens is 2. The summed E-state index contributed by atoms with van der Waals surface area (Å²) in [5.41, 5.74) is 1.95. The molecule has 0 radical (unpaired) electrons. The molecule has 1 N–H and O–H groups in total. The van der Waals surface area contributed by atoms with Gasteiger partial charge in [0.25, 0.3) is 0 Å². The van der Waals surface area contributed by atoms with E-state index in [1.165, 1.54) is 0 Å². The molecule has 22 heavy (non-hydrogen) atoms. The monoisotopic (exact) mass is 321 g/mol. The van der Waals surface area contributed by atoms with Gasteiger partial charge in [0.2, 0.25) is 5.91 Å². The standard InChI is InChI=1S/C15H19N3O3S/c1-11-13-4-2-3-5-14(13)18(17-11)8-6-15(19)16-12-7-9-22(20,21)10-12/h2-5,12H,6-10H2,1H3,(H,16,19)/t12-/m0/s1. The number of amides is 1. The predicted molar refractivity (Wildman–Crippen MR) is 84.3 cm³/mol. The summed E-state index contributed by atoms with van der Waals surface area (Å²) in [6.07, 6.45) is 0.805. The molecule has 1 aliphatic rings. The first-order valence-electron chi connectivity index (χ1n) is 7.36. The molecule has 1 saturated heterocycles. The number of carbonyl (C=O) groups is 1. The van der Waals surface area contributed by atoms with E-state index in [1.54, 1.807) is 0 Å². The first-order chi connectivity index (χ1) is 10.4. The normalized spacial score (nSPS) is 20.3. The quantitative estimate of drug-likeness (QED) is 0.912. The van der Waals surface area contributed by atoms with Crippen molar-refractivity contribution in [3.05, 3.63) is 30.0 Å². The molecule has 2 aromatic rings. The van der Waals surface area contributed by atoms with Crippen LogP contribution in [0.5, 0.6) is 0 Å². The van der Waals surface area contributed by atoms with Crippen LogP contribution in [0.3, 0.4) is 0 Å². The van der Waals surface area contributed by atoms with Gasteiger partial charge in [-0.15, -0.1) is 0 Å². The molecule has 3 rings (SSSR count). The maximum atomic E-state index is 12.0. The van der Waals surface area contributed by atoms with E-state index in [-0.39, 0.29) is 23.5 Å². The van der Waals surface area contributed by atoms with Crippen molar-refractivity contribution in [3.8, 4) is 0 Å². The summed E-state index contributed by atoms with van der Waals surface area (Å²) >= 11 is 0. The van der Waals surface area contributed by atoms with Gasteiger partial charge in [0, 0.05) is 17.8 Å². The van der Waals surface area contributed by atoms with Crippen LogP contribution in [0.4, 0.5) is 0 Å². The molecule has 1 fully saturated rings. The Balaban J connectivity index is 1.61. The summed E-state index contributed by atoms with van der Waals surface area (Å²) < 4.78 is 24.6. The molecule has 118 valence electrons. The average molecular weight is 321 g/mol. The number of hydrogen-bond acceptors (Lipinski definition) is 4. The van der Waals surface area contributed by atoms with Gasteiger partial charge < -0.3 is 5.32 Å². The molecule has 1 amide bonds. The second kappa shape index (κ2) is 5.72. The van der Waals surface area contributed by atoms with E-state index in [0.29, 0.717) is 19.4 Å². The van der Waals surface area contributed by atoms with Crippen LogP contribution in [0.25, 0.3) is 10.9 Å². The number of rotatable bonds is 4. The molecule has 2 heterocycles. The number of aryl methyl sites for hydroxylation is 2. The van der Waals surface area contributed by atoms with Crippen LogP contribution in [0.2, 0.25) is 0 Å². The second-order valence-corrected chi connectivity index (χ2v) is 7.97. The third kappa shape index (κ3) is 3.14. The van der Waals surface area contributed by atoms with E-state index >= 15 is 0 Å². The highest BCUT2D eigenvalue weighted by molar-refractivity contribution is 7.91. The molecule has 0 aliphatic carbocycles. The van der Waals surface area contributed by atoms with Crippen molar-refractivity contribution < 1.29 is 13.2 Å². The number of para-hydroxylation sites is 1. The van der Waals surface area contributed by atoms with Crippen LogP contribution in [0.15, 0.2) is 24.3 Å². The fraction of sp³-hybridized carbons (Fsp3) is 0.467. The van der Waals surface area contributed by atoms with Gasteiger partial charge in [-0.05, 0) is 19.4 Å². The van der Waals surface area contributed by atoms with Crippen molar-refractivity contribution in [1.29, 1.82) is 0 Å². The molecule has 0 spiro atoms. The zero-order valence-corrected chi connectivity index (χ0v) is 13.3. The largest absolute Gasteiger partial charge is 0.352 e. The van der Waals surface area contributed by atoms with Crippen molar-refractivity contribution in [2.45, 2.75) is 32.4 Å². The van der Waals surface area contributed by atoms with Gasteiger partial charge in [0.15, 0.2) is 9.84 Å². The molecule has 1 aliphatic heterocycles. The molecule has 0 unspecified atom stereocenters. The van der Waals surface area contributed by atoms with E-state index in [1.807, 2.05) is 35.9 Å². The van der Waals surface area contributed by atoms with Gasteiger partial charge in [-0.1, -0.05) is 18.2 Å². The van der Waals surface area contributed by atoms with E-state index in [0.717, 1.165) is 16.6 Å². The predicted octanol–water partition coefficient (Wildman–Crippen LogP) is 1.04. The summed E-state index contributed by atoms with van der Waals surface area (Å²) in [4.78, 5) is 12.0. The average Bonchev–Trinajstić information content (AvgIpc) is 2.97. The summed E-state index contributed by atoms with van der Waals surface area (Å²) in [6.45, 7) is 2.43. The lowest BCUT2D eigenvalue weighted by Crippen LogP contribution is -2.36. The maximum absolute atomic E-state index is 12.0. The van der Waals surface area contributed by atoms with Gasteiger partial charge in [0.05, 0.1) is 29.3 Å². The fourth-order valence-electron chi connectivity index (χ4n) is 2.88. The maximum Gasteiger partial charge on any atom is 0.222 e. The van der Waals surface area contributed by atoms with Crippen LogP contribution in [0, 0.1) is 6.92 Å². The lowest BCUT2D eigenvalue weighted by molar-refractivity contribution is -0.121. The van der Waals surface area contributed by atoms with Crippen LogP contribution in [-0.4, -0.2) is 41.7 Å². The highest BCUT2D eigenvalue weighted by atomic mass is 32.2. The Bertz CT molecular complexity index is 811. The summed E-state index contributed by atoms with van der Waals surface area (Å²) in [6, 6.07) is 7.67. The SMILES string of the molecule is Cc1nn(CCC(=O)N[C@H]2CCS(=O)(=O)C2)c2ccccc12. The Hall–Kier alpha value is -1.89. The van der Waals surface area contributed by atoms with Crippen molar-refractivity contribution in [2.75, 3.05) is 11.5 Å². The molecular formula is C15H19N3O3S. The lowest BCUT2D eigenvalue weighted by Gasteiger charge is -2.11. The number of benzene rings is 1. The summed E-state index contributed by atoms with van der Waals surface area (Å²) in [5.74, 6) is 0.100. The van der Waals surface area contributed by atoms with Crippen LogP contribution < -0.4 is 5.32 Å². The van der Waals surface area contributed by atoms with E-state index in [4.69, 9.17) is 0 Å². The number of sulfone groups is 1. The Labute approximate surface area is 129 Å². The molecule has 6 nitrogen and oxygen atoms in total. The summed E-state index contributed by atoms with van der Waals surface area (Å²) in [7, 11) is -2.97. The zero-order chi connectivity index (χ0) is 15.7. The van der Waals surface area contributed by atoms with Crippen molar-refractivity contribution in [2.24, 2.45) is 0 Å². The molecule has 1 aromatic heterocycles. The highest BCUT2D eigenvalue weighted by Gasteiger charge is 2.28.